The van der Waals surface area contributed by atoms with Gasteiger partial charge in [-0.2, -0.15) is 0 Å². The highest BCUT2D eigenvalue weighted by atomic mass is 16.5. The van der Waals surface area contributed by atoms with Crippen LogP contribution < -0.4 is 0 Å². The van der Waals surface area contributed by atoms with E-state index < -0.39 is 11.4 Å². The van der Waals surface area contributed by atoms with Gasteiger partial charge < -0.3 is 4.74 Å². The Balaban J connectivity index is 2.59. The number of esters is 1. The molecule has 0 fully saturated rings. The van der Waals surface area contributed by atoms with Gasteiger partial charge in [-0.1, -0.05) is 0 Å². The van der Waals surface area contributed by atoms with Gasteiger partial charge in [0.1, 0.15) is 5.41 Å². The van der Waals surface area contributed by atoms with E-state index in [1.807, 2.05) is 24.1 Å². The quantitative estimate of drug-likeness (QED) is 0.561. The molecule has 0 aliphatic rings. The number of likely N-dealkylation sites (N-methyl/N-ethyl adjacent to an activating group) is 1. The van der Waals surface area contributed by atoms with Gasteiger partial charge in [-0.3, -0.25) is 19.5 Å². The third kappa shape index (κ3) is 4.42. The predicted molar refractivity (Wildman–Crippen MR) is 76.0 cm³/mol. The van der Waals surface area contributed by atoms with Gasteiger partial charge in [-0.05, 0) is 45.5 Å². The molecule has 5 heteroatoms. The fourth-order valence-corrected chi connectivity index (χ4v) is 1.72. The summed E-state index contributed by atoms with van der Waals surface area (Å²) in [6, 6.07) is 3.80. The maximum absolute atomic E-state index is 12.2. The van der Waals surface area contributed by atoms with Crippen molar-refractivity contribution in [1.29, 1.82) is 0 Å². The summed E-state index contributed by atoms with van der Waals surface area (Å²) in [6.07, 6.45) is 3.43. The smallest absolute Gasteiger partial charge is 0.319 e. The molecule has 0 unspecified atom stereocenters. The van der Waals surface area contributed by atoms with Gasteiger partial charge in [0.25, 0.3) is 0 Å². The van der Waals surface area contributed by atoms with Crippen molar-refractivity contribution in [3.8, 4) is 0 Å². The highest BCUT2D eigenvalue weighted by Crippen LogP contribution is 2.19. The maximum atomic E-state index is 12.2. The van der Waals surface area contributed by atoms with E-state index in [4.69, 9.17) is 4.74 Å². The van der Waals surface area contributed by atoms with Crippen LogP contribution in [0.5, 0.6) is 0 Å². The maximum Gasteiger partial charge on any atom is 0.319 e. The van der Waals surface area contributed by atoms with Crippen molar-refractivity contribution >= 4 is 11.8 Å². The fraction of sp³-hybridized carbons (Fsp3) is 0.533. The fourth-order valence-electron chi connectivity index (χ4n) is 1.72. The van der Waals surface area contributed by atoms with Crippen LogP contribution >= 0.6 is 0 Å². The predicted octanol–water partition coefficient (Wildman–Crippen LogP) is 1.67. The molecule has 5 nitrogen and oxygen atoms in total. The molecule has 0 spiro atoms. The number of carbonyl (C=O) groups is 2. The molecule has 1 rings (SSSR count). The van der Waals surface area contributed by atoms with Gasteiger partial charge >= 0.3 is 5.97 Å². The molecule has 0 bridgehead atoms. The van der Waals surface area contributed by atoms with E-state index in [2.05, 4.69) is 4.98 Å². The minimum atomic E-state index is -1.11. The number of hydrogen-bond acceptors (Lipinski definition) is 5. The van der Waals surface area contributed by atoms with Crippen LogP contribution in [0.25, 0.3) is 0 Å². The first-order valence-electron chi connectivity index (χ1n) is 6.66. The molecule has 0 saturated heterocycles. The lowest BCUT2D eigenvalue weighted by molar-refractivity contribution is -0.158. The van der Waals surface area contributed by atoms with E-state index in [0.717, 1.165) is 5.56 Å². The van der Waals surface area contributed by atoms with Gasteiger partial charge in [0.2, 0.25) is 0 Å². The largest absolute Gasteiger partial charge is 0.465 e. The van der Waals surface area contributed by atoms with Crippen molar-refractivity contribution < 1.29 is 14.3 Å². The molecule has 110 valence electrons. The Kier molecular flexibility index (Phi) is 5.82. The van der Waals surface area contributed by atoms with Gasteiger partial charge in [0.15, 0.2) is 5.78 Å². The summed E-state index contributed by atoms with van der Waals surface area (Å²) in [6.45, 7) is 6.05. The second-order valence-corrected chi connectivity index (χ2v) is 5.30. The van der Waals surface area contributed by atoms with Crippen molar-refractivity contribution in [1.82, 2.24) is 9.88 Å². The molecule has 0 atom stereocenters. The van der Waals surface area contributed by atoms with Crippen LogP contribution in [0.1, 0.15) is 26.3 Å². The number of ketones is 1. The van der Waals surface area contributed by atoms with Crippen molar-refractivity contribution in [2.75, 3.05) is 20.2 Å². The first kappa shape index (κ1) is 16.3. The molecule has 1 heterocycles. The average Bonchev–Trinajstić information content (AvgIpc) is 2.39. The zero-order chi connectivity index (χ0) is 15.2. The Morgan fingerprint density at radius 2 is 1.90 bits per heavy atom. The Labute approximate surface area is 119 Å². The van der Waals surface area contributed by atoms with E-state index in [1.54, 1.807) is 33.2 Å². The van der Waals surface area contributed by atoms with Crippen LogP contribution in [0.15, 0.2) is 24.5 Å². The van der Waals surface area contributed by atoms with Gasteiger partial charge in [-0.25, -0.2) is 0 Å². The Hall–Kier alpha value is -1.75. The van der Waals surface area contributed by atoms with Crippen LogP contribution in [-0.2, 0) is 20.9 Å². The number of nitrogens with zero attached hydrogens (tertiary/aromatic N) is 2. The zero-order valence-corrected chi connectivity index (χ0v) is 12.5. The number of ether oxygens (including phenoxy) is 1. The monoisotopic (exact) mass is 278 g/mol. The van der Waals surface area contributed by atoms with Gasteiger partial charge in [0.05, 0.1) is 13.2 Å². The Morgan fingerprint density at radius 1 is 1.30 bits per heavy atom. The van der Waals surface area contributed by atoms with E-state index in [0.29, 0.717) is 6.54 Å². The first-order chi connectivity index (χ1) is 9.37. The number of pyridine rings is 1. The second-order valence-electron chi connectivity index (χ2n) is 5.30. The lowest BCUT2D eigenvalue weighted by atomic mass is 9.88. The highest BCUT2D eigenvalue weighted by Gasteiger charge is 2.37. The molecule has 0 amide bonds. The number of aromatic nitrogens is 1. The summed E-state index contributed by atoms with van der Waals surface area (Å²) in [5, 5.41) is 0. The number of hydrogen-bond donors (Lipinski definition) is 0. The molecule has 1 aromatic rings. The van der Waals surface area contributed by atoms with Crippen LogP contribution in [0.3, 0.4) is 0 Å². The topological polar surface area (TPSA) is 59.5 Å². The van der Waals surface area contributed by atoms with Crippen LogP contribution in [0.4, 0.5) is 0 Å². The zero-order valence-electron chi connectivity index (χ0n) is 12.5. The molecular formula is C15H22N2O3. The van der Waals surface area contributed by atoms with E-state index >= 15 is 0 Å². The molecule has 0 aliphatic carbocycles. The van der Waals surface area contributed by atoms with Gasteiger partial charge in [0, 0.05) is 18.9 Å². The van der Waals surface area contributed by atoms with Gasteiger partial charge in [-0.15, -0.1) is 0 Å². The van der Waals surface area contributed by atoms with Crippen LogP contribution in [0, 0.1) is 5.41 Å². The summed E-state index contributed by atoms with van der Waals surface area (Å²) in [7, 11) is 1.85. The summed E-state index contributed by atoms with van der Waals surface area (Å²) >= 11 is 0. The van der Waals surface area contributed by atoms with Crippen molar-refractivity contribution in [3.63, 3.8) is 0 Å². The molecular weight excluding hydrogens is 256 g/mol. The molecule has 0 radical (unpaired) electrons. The van der Waals surface area contributed by atoms with E-state index in [9.17, 15) is 9.59 Å². The molecule has 0 aromatic carbocycles. The van der Waals surface area contributed by atoms with Crippen LogP contribution in [-0.4, -0.2) is 41.8 Å². The number of Topliss-reactive ketones (excluding diaryl/α,β-unsaturated/α-hetero) is 1. The minimum Gasteiger partial charge on any atom is -0.465 e. The standard InChI is InChI=1S/C15H22N2O3/c1-5-20-14(19)15(2,3)13(18)11-17(4)10-12-6-8-16-9-7-12/h6-9H,5,10-11H2,1-4H3. The minimum absolute atomic E-state index is 0.146. The molecule has 0 saturated carbocycles. The highest BCUT2D eigenvalue weighted by molar-refractivity contribution is 6.03. The number of rotatable bonds is 7. The molecule has 20 heavy (non-hydrogen) atoms. The normalized spacial score (nSPS) is 11.4. The third-order valence-corrected chi connectivity index (χ3v) is 3.10. The second kappa shape index (κ2) is 7.14. The lowest BCUT2D eigenvalue weighted by Crippen LogP contribution is -2.41. The summed E-state index contributed by atoms with van der Waals surface area (Å²) in [5.41, 5.74) is -0.0352. The van der Waals surface area contributed by atoms with Crippen LogP contribution in [0.2, 0.25) is 0 Å². The average molecular weight is 278 g/mol. The van der Waals surface area contributed by atoms with Crippen molar-refractivity contribution in [2.45, 2.75) is 27.3 Å². The number of carbonyl (C=O) groups excluding carboxylic acids is 2. The summed E-state index contributed by atoms with van der Waals surface area (Å²) < 4.78 is 4.94. The third-order valence-electron chi connectivity index (χ3n) is 3.10. The lowest BCUT2D eigenvalue weighted by Gasteiger charge is -2.24. The molecule has 0 N–H and O–H groups in total. The molecule has 0 aliphatic heterocycles. The summed E-state index contributed by atoms with van der Waals surface area (Å²) in [4.78, 5) is 29.8. The summed E-state index contributed by atoms with van der Waals surface area (Å²) in [5.74, 6) is -0.616. The Morgan fingerprint density at radius 3 is 2.45 bits per heavy atom. The van der Waals surface area contributed by atoms with E-state index in [1.165, 1.54) is 0 Å². The SMILES string of the molecule is CCOC(=O)C(C)(C)C(=O)CN(C)Cc1ccncc1. The molecule has 1 aromatic heterocycles. The first-order valence-corrected chi connectivity index (χ1v) is 6.66. The van der Waals surface area contributed by atoms with Crippen molar-refractivity contribution in [2.24, 2.45) is 5.41 Å². The van der Waals surface area contributed by atoms with Crippen molar-refractivity contribution in [3.05, 3.63) is 30.1 Å². The Bertz CT molecular complexity index is 457. The van der Waals surface area contributed by atoms with E-state index in [-0.39, 0.29) is 18.9 Å².